The van der Waals surface area contributed by atoms with E-state index in [0.29, 0.717) is 16.6 Å². The minimum absolute atomic E-state index is 0.163. The second kappa shape index (κ2) is 4.41. The van der Waals surface area contributed by atoms with E-state index in [1.807, 2.05) is 6.92 Å². The first-order chi connectivity index (χ1) is 7.88. The van der Waals surface area contributed by atoms with Crippen molar-refractivity contribution in [2.24, 2.45) is 5.92 Å². The van der Waals surface area contributed by atoms with Crippen LogP contribution in [-0.4, -0.2) is 6.04 Å². The summed E-state index contributed by atoms with van der Waals surface area (Å²) in [5, 5.41) is 3.38. The molecule has 1 atom stereocenters. The van der Waals surface area contributed by atoms with Crippen LogP contribution in [0.5, 0.6) is 0 Å². The van der Waals surface area contributed by atoms with Gasteiger partial charge >= 0.3 is 6.18 Å². The summed E-state index contributed by atoms with van der Waals surface area (Å²) in [5.41, 5.74) is -0.312. The highest BCUT2D eigenvalue weighted by molar-refractivity contribution is 6.33. The van der Waals surface area contributed by atoms with Gasteiger partial charge in [0.1, 0.15) is 0 Å². The molecule has 1 aliphatic carbocycles. The molecule has 0 heterocycles. The molecule has 1 aromatic carbocycles. The largest absolute Gasteiger partial charge is 0.416 e. The maximum Gasteiger partial charge on any atom is 0.416 e. The number of hydrogen-bond donors (Lipinski definition) is 1. The quantitative estimate of drug-likeness (QED) is 0.842. The summed E-state index contributed by atoms with van der Waals surface area (Å²) < 4.78 is 37.6. The summed E-state index contributed by atoms with van der Waals surface area (Å²) in [6.07, 6.45) is -2.07. The lowest BCUT2D eigenvalue weighted by Crippen LogP contribution is -2.18. The van der Waals surface area contributed by atoms with Crippen LogP contribution in [0.4, 0.5) is 18.9 Å². The van der Waals surface area contributed by atoms with Crippen LogP contribution in [0.1, 0.15) is 25.3 Å². The molecule has 1 aliphatic rings. The Bertz CT molecular complexity index is 413. The van der Waals surface area contributed by atoms with Crippen LogP contribution in [0, 0.1) is 5.92 Å². The van der Waals surface area contributed by atoms with Crippen molar-refractivity contribution in [1.82, 2.24) is 0 Å². The summed E-state index contributed by atoms with van der Waals surface area (Å²) in [6.45, 7) is 1.97. The molecule has 0 aliphatic heterocycles. The van der Waals surface area contributed by atoms with Crippen molar-refractivity contribution in [1.29, 1.82) is 0 Å². The Kier molecular flexibility index (Phi) is 3.25. The van der Waals surface area contributed by atoms with Crippen molar-refractivity contribution in [2.75, 3.05) is 5.32 Å². The summed E-state index contributed by atoms with van der Waals surface area (Å²) in [7, 11) is 0. The Morgan fingerprint density at radius 2 is 2.00 bits per heavy atom. The van der Waals surface area contributed by atoms with Crippen molar-refractivity contribution < 1.29 is 13.2 Å². The fraction of sp³-hybridized carbons (Fsp3) is 0.500. The summed E-state index contributed by atoms with van der Waals surface area (Å²) >= 11 is 5.89. The maximum absolute atomic E-state index is 12.5. The fourth-order valence-corrected chi connectivity index (χ4v) is 1.94. The van der Waals surface area contributed by atoms with Crippen LogP contribution in [0.2, 0.25) is 5.02 Å². The molecule has 1 fully saturated rings. The number of alkyl halides is 3. The van der Waals surface area contributed by atoms with Gasteiger partial charge in [-0.1, -0.05) is 11.6 Å². The third-order valence-electron chi connectivity index (χ3n) is 3.01. The van der Waals surface area contributed by atoms with Gasteiger partial charge in [-0.3, -0.25) is 0 Å². The van der Waals surface area contributed by atoms with Crippen LogP contribution in [0.15, 0.2) is 18.2 Å². The second-order valence-electron chi connectivity index (χ2n) is 4.46. The Morgan fingerprint density at radius 3 is 2.53 bits per heavy atom. The minimum atomic E-state index is -4.33. The monoisotopic (exact) mass is 263 g/mol. The van der Waals surface area contributed by atoms with E-state index in [2.05, 4.69) is 5.32 Å². The normalized spacial score (nSPS) is 17.9. The van der Waals surface area contributed by atoms with E-state index in [4.69, 9.17) is 11.6 Å². The molecule has 1 N–H and O–H groups in total. The summed E-state index contributed by atoms with van der Waals surface area (Å²) in [6, 6.07) is 3.51. The molecule has 0 spiro atoms. The fourth-order valence-electron chi connectivity index (χ4n) is 1.77. The SMILES string of the molecule is CC(Nc1cc(C(F)(F)F)ccc1Cl)C1CC1. The summed E-state index contributed by atoms with van der Waals surface area (Å²) in [4.78, 5) is 0. The number of hydrogen-bond acceptors (Lipinski definition) is 1. The van der Waals surface area contributed by atoms with Crippen molar-refractivity contribution in [3.8, 4) is 0 Å². The topological polar surface area (TPSA) is 12.0 Å². The van der Waals surface area contributed by atoms with Crippen molar-refractivity contribution >= 4 is 17.3 Å². The standard InChI is InChI=1S/C12H13ClF3N/c1-7(8-2-3-8)17-11-6-9(12(14,15)16)4-5-10(11)13/h4-8,17H,2-3H2,1H3. The van der Waals surface area contributed by atoms with Gasteiger partial charge in [-0.15, -0.1) is 0 Å². The summed E-state index contributed by atoms with van der Waals surface area (Å²) in [5.74, 6) is 0.556. The average molecular weight is 264 g/mol. The number of rotatable bonds is 3. The predicted octanol–water partition coefficient (Wildman–Crippen LogP) is 4.57. The Hall–Kier alpha value is -0.900. The van der Waals surface area contributed by atoms with Gasteiger partial charge in [0.2, 0.25) is 0 Å². The van der Waals surface area contributed by atoms with E-state index in [1.165, 1.54) is 6.07 Å². The highest BCUT2D eigenvalue weighted by Gasteiger charge is 2.32. The zero-order valence-corrected chi connectivity index (χ0v) is 10.1. The van der Waals surface area contributed by atoms with Crippen molar-refractivity contribution in [3.05, 3.63) is 28.8 Å². The molecule has 1 nitrogen and oxygen atoms in total. The molecule has 2 rings (SSSR count). The van der Waals surface area contributed by atoms with Gasteiger partial charge in [-0.2, -0.15) is 13.2 Å². The highest BCUT2D eigenvalue weighted by atomic mass is 35.5. The van der Waals surface area contributed by atoms with Gasteiger partial charge in [-0.25, -0.2) is 0 Å². The zero-order chi connectivity index (χ0) is 12.6. The number of nitrogens with one attached hydrogen (secondary N) is 1. The van der Waals surface area contributed by atoms with Gasteiger partial charge in [0.05, 0.1) is 16.3 Å². The van der Waals surface area contributed by atoms with Crippen molar-refractivity contribution in [3.63, 3.8) is 0 Å². The van der Waals surface area contributed by atoms with E-state index < -0.39 is 11.7 Å². The Balaban J connectivity index is 2.19. The van der Waals surface area contributed by atoms with Gasteiger partial charge in [0, 0.05) is 6.04 Å². The predicted molar refractivity (Wildman–Crippen MR) is 62.3 cm³/mol. The smallest absolute Gasteiger partial charge is 0.381 e. The first-order valence-electron chi connectivity index (χ1n) is 5.51. The molecule has 17 heavy (non-hydrogen) atoms. The van der Waals surface area contributed by atoms with E-state index in [0.717, 1.165) is 25.0 Å². The third-order valence-corrected chi connectivity index (χ3v) is 3.34. The Labute approximate surface area is 103 Å². The first kappa shape index (κ1) is 12.6. The van der Waals surface area contributed by atoms with E-state index in [9.17, 15) is 13.2 Å². The van der Waals surface area contributed by atoms with Crippen LogP contribution in [-0.2, 0) is 6.18 Å². The number of anilines is 1. The van der Waals surface area contributed by atoms with Gasteiger partial charge in [0.15, 0.2) is 0 Å². The van der Waals surface area contributed by atoms with Crippen LogP contribution in [0.3, 0.4) is 0 Å². The molecule has 0 amide bonds. The average Bonchev–Trinajstić information content (AvgIpc) is 3.02. The van der Waals surface area contributed by atoms with Crippen LogP contribution >= 0.6 is 11.6 Å². The molecule has 94 valence electrons. The molecule has 1 aromatic rings. The molecule has 0 aromatic heterocycles. The molecule has 0 bridgehead atoms. The molecule has 0 radical (unpaired) electrons. The number of halogens is 4. The lowest BCUT2D eigenvalue weighted by molar-refractivity contribution is -0.137. The second-order valence-corrected chi connectivity index (χ2v) is 4.87. The molecule has 0 saturated heterocycles. The molecule has 5 heteroatoms. The maximum atomic E-state index is 12.5. The van der Waals surface area contributed by atoms with Gasteiger partial charge in [-0.05, 0) is 43.9 Å². The number of benzene rings is 1. The van der Waals surface area contributed by atoms with Gasteiger partial charge in [0.25, 0.3) is 0 Å². The zero-order valence-electron chi connectivity index (χ0n) is 9.31. The minimum Gasteiger partial charge on any atom is -0.381 e. The lowest BCUT2D eigenvalue weighted by atomic mass is 10.1. The van der Waals surface area contributed by atoms with E-state index >= 15 is 0 Å². The van der Waals surface area contributed by atoms with E-state index in [-0.39, 0.29) is 6.04 Å². The van der Waals surface area contributed by atoms with Crippen molar-refractivity contribution in [2.45, 2.75) is 32.0 Å². The Morgan fingerprint density at radius 1 is 1.35 bits per heavy atom. The van der Waals surface area contributed by atoms with E-state index in [1.54, 1.807) is 0 Å². The molecular weight excluding hydrogens is 251 g/mol. The molecular formula is C12H13ClF3N. The lowest BCUT2D eigenvalue weighted by Gasteiger charge is -2.17. The third kappa shape index (κ3) is 3.06. The van der Waals surface area contributed by atoms with Crippen LogP contribution < -0.4 is 5.32 Å². The highest BCUT2D eigenvalue weighted by Crippen LogP contribution is 2.37. The van der Waals surface area contributed by atoms with Gasteiger partial charge < -0.3 is 5.32 Å². The van der Waals surface area contributed by atoms with Crippen LogP contribution in [0.25, 0.3) is 0 Å². The molecule has 1 unspecified atom stereocenters. The molecule has 1 saturated carbocycles. The first-order valence-corrected chi connectivity index (χ1v) is 5.89.